The number of cyclic esters (lactones) is 1. The fourth-order valence-corrected chi connectivity index (χ4v) is 2.51. The van der Waals surface area contributed by atoms with E-state index in [-0.39, 0.29) is 12.1 Å². The average Bonchev–Trinajstić information content (AvgIpc) is 2.76. The van der Waals surface area contributed by atoms with Crippen LogP contribution in [0.2, 0.25) is 5.02 Å². The summed E-state index contributed by atoms with van der Waals surface area (Å²) >= 11 is 5.86. The van der Waals surface area contributed by atoms with Crippen LogP contribution in [0.4, 0.5) is 0 Å². The SMILES string of the molecule is O=C1O[C@@H](CCc2ccc(Cl)cc2)c2ccccc21. The molecule has 2 nitrogen and oxygen atoms in total. The van der Waals surface area contributed by atoms with Crippen molar-refractivity contribution in [2.24, 2.45) is 0 Å². The van der Waals surface area contributed by atoms with Crippen LogP contribution in [0, 0.1) is 0 Å². The average molecular weight is 273 g/mol. The van der Waals surface area contributed by atoms with Crippen molar-refractivity contribution in [3.63, 3.8) is 0 Å². The molecule has 0 spiro atoms. The van der Waals surface area contributed by atoms with Gasteiger partial charge in [0.1, 0.15) is 6.10 Å². The number of fused-ring (bicyclic) bond motifs is 1. The van der Waals surface area contributed by atoms with E-state index in [0.717, 1.165) is 23.4 Å². The lowest BCUT2D eigenvalue weighted by molar-refractivity contribution is 0.0369. The number of benzene rings is 2. The van der Waals surface area contributed by atoms with Crippen molar-refractivity contribution in [1.82, 2.24) is 0 Å². The van der Waals surface area contributed by atoms with Crippen LogP contribution in [-0.2, 0) is 11.2 Å². The Morgan fingerprint density at radius 3 is 2.58 bits per heavy atom. The fraction of sp³-hybridized carbons (Fsp3) is 0.188. The molecule has 0 fully saturated rings. The molecule has 0 bridgehead atoms. The molecule has 19 heavy (non-hydrogen) atoms. The topological polar surface area (TPSA) is 26.3 Å². The second kappa shape index (κ2) is 5.06. The summed E-state index contributed by atoms with van der Waals surface area (Å²) in [7, 11) is 0. The molecule has 3 rings (SSSR count). The highest BCUT2D eigenvalue weighted by Gasteiger charge is 2.29. The predicted octanol–water partition coefficient (Wildman–Crippen LogP) is 4.18. The fourth-order valence-electron chi connectivity index (χ4n) is 2.38. The normalized spacial score (nSPS) is 17.1. The van der Waals surface area contributed by atoms with Gasteiger partial charge >= 0.3 is 5.97 Å². The van der Waals surface area contributed by atoms with Crippen LogP contribution in [0.25, 0.3) is 0 Å². The molecule has 1 aliphatic heterocycles. The Bertz CT molecular complexity index is 604. The maximum absolute atomic E-state index is 11.7. The number of hydrogen-bond acceptors (Lipinski definition) is 2. The monoisotopic (exact) mass is 272 g/mol. The number of hydrogen-bond donors (Lipinski definition) is 0. The maximum atomic E-state index is 11.7. The first-order valence-corrected chi connectivity index (χ1v) is 6.66. The van der Waals surface area contributed by atoms with E-state index in [2.05, 4.69) is 0 Å². The first kappa shape index (κ1) is 12.2. The lowest BCUT2D eigenvalue weighted by atomic mass is 9.99. The van der Waals surface area contributed by atoms with Crippen molar-refractivity contribution in [3.05, 3.63) is 70.2 Å². The summed E-state index contributed by atoms with van der Waals surface area (Å²) in [6.45, 7) is 0. The molecular weight excluding hydrogens is 260 g/mol. The number of aryl methyl sites for hydroxylation is 1. The third kappa shape index (κ3) is 2.49. The molecular formula is C16H13ClO2. The molecule has 96 valence electrons. The third-order valence-electron chi connectivity index (χ3n) is 3.39. The van der Waals surface area contributed by atoms with Gasteiger partial charge in [-0.15, -0.1) is 0 Å². The molecule has 0 saturated heterocycles. The number of esters is 1. The summed E-state index contributed by atoms with van der Waals surface area (Å²) in [5.41, 5.74) is 2.90. The van der Waals surface area contributed by atoms with Gasteiger partial charge in [0.15, 0.2) is 0 Å². The number of rotatable bonds is 3. The molecule has 1 atom stereocenters. The number of ether oxygens (including phenoxy) is 1. The van der Waals surface area contributed by atoms with Gasteiger partial charge < -0.3 is 4.74 Å². The summed E-state index contributed by atoms with van der Waals surface area (Å²) in [6.07, 6.45) is 1.53. The van der Waals surface area contributed by atoms with Crippen LogP contribution in [0.3, 0.4) is 0 Å². The first-order valence-electron chi connectivity index (χ1n) is 6.28. The van der Waals surface area contributed by atoms with Crippen LogP contribution in [0.1, 0.15) is 34.0 Å². The van der Waals surface area contributed by atoms with Crippen LogP contribution in [0.15, 0.2) is 48.5 Å². The molecule has 0 aliphatic carbocycles. The third-order valence-corrected chi connectivity index (χ3v) is 3.64. The zero-order chi connectivity index (χ0) is 13.2. The Kier molecular flexibility index (Phi) is 3.26. The van der Waals surface area contributed by atoms with Crippen LogP contribution in [0.5, 0.6) is 0 Å². The van der Waals surface area contributed by atoms with Gasteiger partial charge in [-0.25, -0.2) is 4.79 Å². The highest BCUT2D eigenvalue weighted by molar-refractivity contribution is 6.30. The molecule has 0 aromatic heterocycles. The maximum Gasteiger partial charge on any atom is 0.339 e. The largest absolute Gasteiger partial charge is 0.454 e. The van der Waals surface area contributed by atoms with E-state index in [1.807, 2.05) is 48.5 Å². The minimum Gasteiger partial charge on any atom is -0.454 e. The second-order valence-corrected chi connectivity index (χ2v) is 5.08. The van der Waals surface area contributed by atoms with E-state index in [0.29, 0.717) is 5.56 Å². The highest BCUT2D eigenvalue weighted by atomic mass is 35.5. The van der Waals surface area contributed by atoms with E-state index < -0.39 is 0 Å². The van der Waals surface area contributed by atoms with E-state index in [1.54, 1.807) is 0 Å². The Morgan fingerprint density at radius 1 is 1.05 bits per heavy atom. The molecule has 1 heterocycles. The molecule has 1 aliphatic rings. The molecule has 0 saturated carbocycles. The van der Waals surface area contributed by atoms with Gasteiger partial charge in [-0.1, -0.05) is 41.9 Å². The highest BCUT2D eigenvalue weighted by Crippen LogP contribution is 2.33. The molecule has 0 unspecified atom stereocenters. The van der Waals surface area contributed by atoms with E-state index in [1.165, 1.54) is 5.56 Å². The molecule has 0 amide bonds. The smallest absolute Gasteiger partial charge is 0.339 e. The van der Waals surface area contributed by atoms with Crippen LogP contribution in [-0.4, -0.2) is 5.97 Å². The standard InChI is InChI=1S/C16H13ClO2/c17-12-8-5-11(6-9-12)7-10-15-13-3-1-2-4-14(13)16(18)19-15/h1-6,8-9,15H,7,10H2/t15-/m0/s1. The summed E-state index contributed by atoms with van der Waals surface area (Å²) in [4.78, 5) is 11.7. The summed E-state index contributed by atoms with van der Waals surface area (Å²) in [5, 5.41) is 0.737. The first-order chi connectivity index (χ1) is 9.24. The van der Waals surface area contributed by atoms with Crippen LogP contribution < -0.4 is 0 Å². The van der Waals surface area contributed by atoms with Gasteiger partial charge in [-0.2, -0.15) is 0 Å². The lowest BCUT2D eigenvalue weighted by Gasteiger charge is -2.10. The molecule has 3 heteroatoms. The number of halogens is 1. The van der Waals surface area contributed by atoms with Gasteiger partial charge in [0.05, 0.1) is 5.56 Å². The van der Waals surface area contributed by atoms with Crippen molar-refractivity contribution < 1.29 is 9.53 Å². The lowest BCUT2D eigenvalue weighted by Crippen LogP contribution is -2.00. The van der Waals surface area contributed by atoms with Crippen molar-refractivity contribution in [2.75, 3.05) is 0 Å². The molecule has 0 radical (unpaired) electrons. The summed E-state index contributed by atoms with van der Waals surface area (Å²) in [6, 6.07) is 15.4. The van der Waals surface area contributed by atoms with Crippen molar-refractivity contribution in [3.8, 4) is 0 Å². The quantitative estimate of drug-likeness (QED) is 0.784. The Balaban J connectivity index is 1.72. The zero-order valence-corrected chi connectivity index (χ0v) is 11.1. The predicted molar refractivity (Wildman–Crippen MR) is 74.4 cm³/mol. The van der Waals surface area contributed by atoms with Gasteiger partial charge in [0, 0.05) is 10.6 Å². The summed E-state index contributed by atoms with van der Waals surface area (Å²) in [5.74, 6) is -0.211. The molecule has 0 N–H and O–H groups in total. The van der Waals surface area contributed by atoms with E-state index in [9.17, 15) is 4.79 Å². The van der Waals surface area contributed by atoms with E-state index in [4.69, 9.17) is 16.3 Å². The minimum absolute atomic E-state index is 0.126. The van der Waals surface area contributed by atoms with Crippen molar-refractivity contribution >= 4 is 17.6 Å². The molecule has 2 aromatic rings. The van der Waals surface area contributed by atoms with E-state index >= 15 is 0 Å². The van der Waals surface area contributed by atoms with Gasteiger partial charge in [0.2, 0.25) is 0 Å². The number of carbonyl (C=O) groups excluding carboxylic acids is 1. The second-order valence-electron chi connectivity index (χ2n) is 4.65. The Labute approximate surface area is 117 Å². The molecule has 2 aromatic carbocycles. The summed E-state index contributed by atoms with van der Waals surface area (Å²) < 4.78 is 5.41. The van der Waals surface area contributed by atoms with Gasteiger partial charge in [0.25, 0.3) is 0 Å². The Hall–Kier alpha value is -1.80. The zero-order valence-electron chi connectivity index (χ0n) is 10.3. The minimum atomic E-state index is -0.211. The van der Waals surface area contributed by atoms with Gasteiger partial charge in [-0.05, 0) is 36.6 Å². The van der Waals surface area contributed by atoms with Crippen molar-refractivity contribution in [2.45, 2.75) is 18.9 Å². The van der Waals surface area contributed by atoms with Gasteiger partial charge in [-0.3, -0.25) is 0 Å². The van der Waals surface area contributed by atoms with Crippen molar-refractivity contribution in [1.29, 1.82) is 0 Å². The van der Waals surface area contributed by atoms with Crippen LogP contribution >= 0.6 is 11.6 Å². The number of carbonyl (C=O) groups is 1. The Morgan fingerprint density at radius 2 is 1.79 bits per heavy atom.